The maximum Gasteiger partial charge on any atom is 0.425 e. The first kappa shape index (κ1) is 63.9. The first-order chi connectivity index (χ1) is 33.4. The fourth-order valence-corrected chi connectivity index (χ4v) is 7.94. The molecule has 1 rings (SSSR count). The monoisotopic (exact) mass is 1020 g/mol. The summed E-state index contributed by atoms with van der Waals surface area (Å²) in [6.45, 7) is 33.9. The van der Waals surface area contributed by atoms with E-state index in [2.05, 4.69) is 35.7 Å². The summed E-state index contributed by atoms with van der Waals surface area (Å²) in [4.78, 5) is 104. The molecule has 3 unspecified atom stereocenters. The van der Waals surface area contributed by atoms with Gasteiger partial charge in [0.05, 0.1) is 0 Å². The number of amides is 3. The van der Waals surface area contributed by atoms with E-state index in [9.17, 15) is 38.4 Å². The number of alkyl carbamates (subject to hydrolysis) is 3. The second-order valence-corrected chi connectivity index (χ2v) is 21.1. The van der Waals surface area contributed by atoms with Gasteiger partial charge in [-0.1, -0.05) is 82.1 Å². The summed E-state index contributed by atoms with van der Waals surface area (Å²) in [7, 11) is 0. The van der Waals surface area contributed by atoms with Gasteiger partial charge in [0.1, 0.15) is 39.6 Å². The molecule has 0 bridgehead atoms. The summed E-state index contributed by atoms with van der Waals surface area (Å²) < 4.78 is 38.5. The van der Waals surface area contributed by atoms with Gasteiger partial charge >= 0.3 is 53.3 Å². The largest absolute Gasteiger partial charge is 0.459 e. The summed E-state index contributed by atoms with van der Waals surface area (Å²) >= 11 is 0. The third kappa shape index (κ3) is 27.5. The Hall–Kier alpha value is -6.15. The second kappa shape index (κ2) is 31.3. The highest BCUT2D eigenvalue weighted by Gasteiger charge is 2.29. The molecular formula is C51H84N6O15. The Balaban J connectivity index is 3.18. The maximum atomic E-state index is 14.6. The van der Waals surface area contributed by atoms with Crippen LogP contribution in [-0.2, 0) is 55.9 Å². The van der Waals surface area contributed by atoms with Gasteiger partial charge < -0.3 is 48.8 Å². The van der Waals surface area contributed by atoms with Crippen molar-refractivity contribution in [2.75, 3.05) is 65.8 Å². The van der Waals surface area contributed by atoms with E-state index in [1.54, 1.807) is 0 Å². The fourth-order valence-electron chi connectivity index (χ4n) is 7.94. The van der Waals surface area contributed by atoms with Crippen molar-refractivity contribution in [3.63, 3.8) is 0 Å². The topological polar surface area (TPSA) is 263 Å². The average molecular weight is 1020 g/mol. The third-order valence-corrected chi connectivity index (χ3v) is 11.0. The Morgan fingerprint density at radius 3 is 1.17 bits per heavy atom. The lowest BCUT2D eigenvalue weighted by Crippen LogP contribution is -2.50. The molecule has 0 aliphatic carbocycles. The molecule has 72 heavy (non-hydrogen) atoms. The minimum absolute atomic E-state index is 0.0408. The molecule has 21 nitrogen and oxygen atoms in total. The predicted octanol–water partition coefficient (Wildman–Crippen LogP) is 6.37. The van der Waals surface area contributed by atoms with Gasteiger partial charge in [-0.2, -0.15) is 0 Å². The van der Waals surface area contributed by atoms with E-state index in [0.29, 0.717) is 58.2 Å². The number of rotatable bonds is 33. The summed E-state index contributed by atoms with van der Waals surface area (Å²) in [5.41, 5.74) is -1.46. The van der Waals surface area contributed by atoms with E-state index >= 15 is 0 Å². The zero-order chi connectivity index (χ0) is 54.8. The normalized spacial score (nSPS) is 13.1. The number of aromatic nitrogens is 2. The highest BCUT2D eigenvalue weighted by molar-refractivity contribution is 5.87. The SMILES string of the molecule is C=C(C)C(=O)OCCOC(=O)NCCC(C)CC(C)(C)CN=c1oc(=O)n(CC(C)(C)CC(C)CCNC(=O)OCCOC(=O)C(=C)C)c(=O)n1CC(C)(C)CC(C)CCNC(=O)OCCOC(=O)C(=C)C. The van der Waals surface area contributed by atoms with Crippen molar-refractivity contribution in [3.05, 3.63) is 63.2 Å². The van der Waals surface area contributed by atoms with Gasteiger partial charge in [0.25, 0.3) is 0 Å². The van der Waals surface area contributed by atoms with Gasteiger partial charge in [-0.05, 0) is 93.3 Å². The molecule has 21 heteroatoms. The fraction of sp³-hybridized carbons (Fsp3) is 0.706. The number of esters is 3. The lowest BCUT2D eigenvalue weighted by atomic mass is 9.82. The molecule has 0 radical (unpaired) electrons. The van der Waals surface area contributed by atoms with Crippen LogP contribution in [0.5, 0.6) is 0 Å². The Labute approximate surface area is 424 Å². The maximum absolute atomic E-state index is 14.6. The number of nitrogens with one attached hydrogen (secondary N) is 3. The number of hydrogen-bond donors (Lipinski definition) is 3. The Kier molecular flexibility index (Phi) is 27.8. The molecule has 408 valence electrons. The van der Waals surface area contributed by atoms with Crippen LogP contribution >= 0.6 is 0 Å². The van der Waals surface area contributed by atoms with Crippen LogP contribution in [0.3, 0.4) is 0 Å². The molecule has 0 spiro atoms. The average Bonchev–Trinajstić information content (AvgIpc) is 3.26. The molecule has 0 aliphatic rings. The molecule has 3 N–H and O–H groups in total. The van der Waals surface area contributed by atoms with Crippen LogP contribution in [0.1, 0.15) is 122 Å². The van der Waals surface area contributed by atoms with Crippen LogP contribution in [0.25, 0.3) is 0 Å². The van der Waals surface area contributed by atoms with Gasteiger partial charge in [-0.3, -0.25) is 0 Å². The van der Waals surface area contributed by atoms with Gasteiger partial charge in [0.2, 0.25) is 0 Å². The first-order valence-corrected chi connectivity index (χ1v) is 24.5. The van der Waals surface area contributed by atoms with E-state index < -0.39 is 63.9 Å². The summed E-state index contributed by atoms with van der Waals surface area (Å²) in [6.07, 6.45) is 1.74. The Morgan fingerprint density at radius 1 is 0.528 bits per heavy atom. The van der Waals surface area contributed by atoms with Crippen LogP contribution < -0.4 is 33.1 Å². The second-order valence-electron chi connectivity index (χ2n) is 21.1. The lowest BCUT2D eigenvalue weighted by molar-refractivity contribution is -0.140. The molecule has 1 aromatic heterocycles. The van der Waals surface area contributed by atoms with Crippen molar-refractivity contribution < 1.29 is 61.6 Å². The highest BCUT2D eigenvalue weighted by atomic mass is 16.6. The molecular weight excluding hydrogens is 937 g/mol. The van der Waals surface area contributed by atoms with E-state index in [0.717, 1.165) is 4.57 Å². The molecule has 0 saturated carbocycles. The molecule has 1 aromatic rings. The number of nitrogens with zero attached hydrogens (tertiary/aromatic N) is 3. The van der Waals surface area contributed by atoms with Crippen LogP contribution in [0.15, 0.2) is 55.5 Å². The van der Waals surface area contributed by atoms with Gasteiger partial charge in [0, 0.05) is 56.0 Å². The van der Waals surface area contributed by atoms with E-state index in [1.165, 1.54) is 25.3 Å². The molecule has 0 fully saturated rings. The van der Waals surface area contributed by atoms with Crippen molar-refractivity contribution in [1.82, 2.24) is 25.1 Å². The summed E-state index contributed by atoms with van der Waals surface area (Å²) in [5.74, 6) is -2.29. The quantitative estimate of drug-likeness (QED) is 0.0299. The number of ether oxygens (including phenoxy) is 6. The van der Waals surface area contributed by atoms with E-state index in [4.69, 9.17) is 37.8 Å². The minimum atomic E-state index is -0.842. The van der Waals surface area contributed by atoms with Gasteiger partial charge in [-0.15, -0.1) is 0 Å². The number of hydrogen-bond acceptors (Lipinski definition) is 16. The molecule has 0 saturated heterocycles. The highest BCUT2D eigenvalue weighted by Crippen LogP contribution is 2.30. The van der Waals surface area contributed by atoms with E-state index in [1.807, 2.05) is 62.3 Å². The first-order valence-electron chi connectivity index (χ1n) is 24.5. The molecule has 1 heterocycles. The standard InChI is InChI=1S/C51H84N6O15/c1-34(2)40(58)66-22-25-69-44(61)52-19-16-37(7)28-49(10,11)31-55-43-56(32-50(12,13)29-38(8)17-20-53-45(62)70-26-23-67-41(59)35(3)4)47(64)57(48(65)72-43)33-51(14,15)30-39(9)18-21-54-46(63)71-27-24-68-42(60)36(5)6/h37-39H,1,3,5,16-33H2,2,4,6-15H3,(H,52,61)(H,53,62)(H,54,63). The van der Waals surface area contributed by atoms with Crippen molar-refractivity contribution in [1.29, 1.82) is 0 Å². The van der Waals surface area contributed by atoms with Crippen molar-refractivity contribution >= 4 is 36.2 Å². The molecule has 0 aliphatic heterocycles. The number of carbonyl (C=O) groups excluding carboxylic acids is 6. The Morgan fingerprint density at radius 2 is 0.833 bits per heavy atom. The Bertz CT molecular complexity index is 2200. The third-order valence-electron chi connectivity index (χ3n) is 11.0. The zero-order valence-corrected chi connectivity index (χ0v) is 45.0. The predicted molar refractivity (Wildman–Crippen MR) is 270 cm³/mol. The smallest absolute Gasteiger partial charge is 0.425 e. The van der Waals surface area contributed by atoms with Crippen molar-refractivity contribution in [2.24, 2.45) is 39.0 Å². The zero-order valence-electron chi connectivity index (χ0n) is 45.0. The van der Waals surface area contributed by atoms with Crippen LogP contribution in [0.2, 0.25) is 0 Å². The van der Waals surface area contributed by atoms with Gasteiger partial charge in [0.15, 0.2) is 0 Å². The van der Waals surface area contributed by atoms with Crippen LogP contribution in [0.4, 0.5) is 14.4 Å². The number of carbonyl (C=O) groups is 6. The van der Waals surface area contributed by atoms with Crippen molar-refractivity contribution in [3.8, 4) is 0 Å². The summed E-state index contributed by atoms with van der Waals surface area (Å²) in [5, 5.41) is 8.11. The van der Waals surface area contributed by atoms with Gasteiger partial charge in [-0.25, -0.2) is 52.5 Å². The van der Waals surface area contributed by atoms with E-state index in [-0.39, 0.29) is 99.4 Å². The van der Waals surface area contributed by atoms with Crippen LogP contribution in [0, 0.1) is 34.0 Å². The molecule has 3 atom stereocenters. The summed E-state index contributed by atoms with van der Waals surface area (Å²) in [6, 6.07) is 0. The minimum Gasteiger partial charge on any atom is -0.459 e. The molecule has 3 amide bonds. The molecule has 0 aromatic carbocycles. The van der Waals surface area contributed by atoms with Crippen molar-refractivity contribution in [2.45, 2.75) is 135 Å². The lowest BCUT2D eigenvalue weighted by Gasteiger charge is -2.30. The van der Waals surface area contributed by atoms with Crippen LogP contribution in [-0.4, -0.2) is 111 Å².